The van der Waals surface area contributed by atoms with Crippen molar-refractivity contribution in [2.45, 2.75) is 38.5 Å². The van der Waals surface area contributed by atoms with Crippen molar-refractivity contribution in [1.29, 1.82) is 0 Å². The molecule has 0 saturated heterocycles. The van der Waals surface area contributed by atoms with E-state index in [-0.39, 0.29) is 5.92 Å². The van der Waals surface area contributed by atoms with Gasteiger partial charge in [0.25, 0.3) is 0 Å². The molecule has 0 heterocycles. The summed E-state index contributed by atoms with van der Waals surface area (Å²) < 4.78 is 0. The quantitative estimate of drug-likeness (QED) is 0.919. The van der Waals surface area contributed by atoms with Crippen LogP contribution in [0.5, 0.6) is 0 Å². The van der Waals surface area contributed by atoms with E-state index in [9.17, 15) is 9.90 Å². The molecule has 0 fully saturated rings. The molecule has 1 unspecified atom stereocenters. The maximum absolute atomic E-state index is 11.4. The van der Waals surface area contributed by atoms with Gasteiger partial charge < -0.3 is 5.11 Å². The Morgan fingerprint density at radius 1 is 1.19 bits per heavy atom. The zero-order chi connectivity index (χ0) is 14.8. The minimum absolute atomic E-state index is 0.321. The fourth-order valence-electron chi connectivity index (χ4n) is 3.39. The first-order valence-electron chi connectivity index (χ1n) is 7.55. The zero-order valence-electron chi connectivity index (χ0n) is 12.3. The van der Waals surface area contributed by atoms with Gasteiger partial charge in [0.2, 0.25) is 0 Å². The lowest BCUT2D eigenvalue weighted by molar-refractivity contribution is -0.139. The number of aliphatic carboxylic acids is 1. The molecule has 1 aliphatic carbocycles. The highest BCUT2D eigenvalue weighted by Crippen LogP contribution is 2.35. The second kappa shape index (κ2) is 5.72. The van der Waals surface area contributed by atoms with E-state index in [1.54, 1.807) is 0 Å². The van der Waals surface area contributed by atoms with Gasteiger partial charge in [-0.2, -0.15) is 0 Å². The second-order valence-corrected chi connectivity index (χ2v) is 5.86. The predicted molar refractivity (Wildman–Crippen MR) is 83.7 cm³/mol. The maximum Gasteiger partial charge on any atom is 0.310 e. The molecule has 0 spiro atoms. The summed E-state index contributed by atoms with van der Waals surface area (Å²) in [5.74, 6) is -1.01. The number of benzene rings is 2. The molecule has 0 aliphatic heterocycles. The van der Waals surface area contributed by atoms with Crippen LogP contribution in [0.15, 0.2) is 42.5 Å². The van der Waals surface area contributed by atoms with E-state index in [0.717, 1.165) is 31.2 Å². The highest BCUT2D eigenvalue weighted by molar-refractivity contribution is 5.77. The van der Waals surface area contributed by atoms with Gasteiger partial charge in [-0.1, -0.05) is 42.5 Å². The third-order valence-electron chi connectivity index (χ3n) is 4.58. The fraction of sp³-hybridized carbons (Fsp3) is 0.316. The number of fused-ring (bicyclic) bond motifs is 1. The molecule has 0 bridgehead atoms. The van der Waals surface area contributed by atoms with Gasteiger partial charge in [-0.25, -0.2) is 0 Å². The highest BCUT2D eigenvalue weighted by atomic mass is 16.4. The monoisotopic (exact) mass is 280 g/mol. The van der Waals surface area contributed by atoms with Gasteiger partial charge >= 0.3 is 5.97 Å². The van der Waals surface area contributed by atoms with Gasteiger partial charge in [-0.15, -0.1) is 0 Å². The second-order valence-electron chi connectivity index (χ2n) is 5.86. The summed E-state index contributed by atoms with van der Waals surface area (Å²) in [5, 5.41) is 9.38. The van der Waals surface area contributed by atoms with E-state index in [4.69, 9.17) is 0 Å². The van der Waals surface area contributed by atoms with Crippen LogP contribution in [0.1, 0.15) is 46.6 Å². The molecule has 3 rings (SSSR count). The minimum atomic E-state index is -0.689. The molecule has 21 heavy (non-hydrogen) atoms. The van der Waals surface area contributed by atoms with Gasteiger partial charge in [0.1, 0.15) is 0 Å². The molecule has 2 heteroatoms. The van der Waals surface area contributed by atoms with Crippen LogP contribution in [0.25, 0.3) is 0 Å². The van der Waals surface area contributed by atoms with Crippen molar-refractivity contribution < 1.29 is 9.90 Å². The van der Waals surface area contributed by atoms with E-state index in [2.05, 4.69) is 37.3 Å². The number of carboxylic acid groups (broad SMARTS) is 1. The van der Waals surface area contributed by atoms with Crippen LogP contribution in [0.3, 0.4) is 0 Å². The van der Waals surface area contributed by atoms with E-state index in [0.29, 0.717) is 0 Å². The number of carbonyl (C=O) groups is 1. The molecule has 108 valence electrons. The van der Waals surface area contributed by atoms with Crippen LogP contribution in [-0.4, -0.2) is 11.1 Å². The highest BCUT2D eigenvalue weighted by Gasteiger charge is 2.27. The molecule has 2 aromatic rings. The fourth-order valence-corrected chi connectivity index (χ4v) is 3.39. The lowest BCUT2D eigenvalue weighted by Gasteiger charge is -2.25. The first kappa shape index (κ1) is 13.9. The van der Waals surface area contributed by atoms with Gasteiger partial charge in [0, 0.05) is 0 Å². The summed E-state index contributed by atoms with van der Waals surface area (Å²) in [4.78, 5) is 11.4. The average Bonchev–Trinajstić information content (AvgIpc) is 2.50. The van der Waals surface area contributed by atoms with Gasteiger partial charge in [-0.05, 0) is 60.4 Å². The van der Waals surface area contributed by atoms with Crippen molar-refractivity contribution in [3.05, 3.63) is 70.3 Å². The summed E-state index contributed by atoms with van der Waals surface area (Å²) >= 11 is 0. The predicted octanol–water partition coefficient (Wildman–Crippen LogP) is 4.09. The molecular weight excluding hydrogens is 260 g/mol. The molecule has 0 amide bonds. The zero-order valence-corrected chi connectivity index (χ0v) is 12.3. The summed E-state index contributed by atoms with van der Waals surface area (Å²) in [6, 6.07) is 14.6. The number of rotatable bonds is 3. The van der Waals surface area contributed by atoms with Crippen molar-refractivity contribution in [2.24, 2.45) is 0 Å². The standard InChI is InChI=1S/C19H20O2/c1-13-15(12-14-6-3-2-4-7-14)10-11-17-16(13)8-5-9-18(17)19(20)21/h2-4,6-7,10-11,18H,5,8-9,12H2,1H3,(H,20,21). The average molecular weight is 280 g/mol. The van der Waals surface area contributed by atoms with Crippen molar-refractivity contribution >= 4 is 5.97 Å². The largest absolute Gasteiger partial charge is 0.481 e. The van der Waals surface area contributed by atoms with Crippen LogP contribution in [0, 0.1) is 6.92 Å². The molecule has 1 aliphatic rings. The Bertz CT molecular complexity index is 659. The molecule has 0 aromatic heterocycles. The Balaban J connectivity index is 1.97. The van der Waals surface area contributed by atoms with Crippen LogP contribution in [0.2, 0.25) is 0 Å². The topological polar surface area (TPSA) is 37.3 Å². The molecule has 1 atom stereocenters. The smallest absolute Gasteiger partial charge is 0.310 e. The van der Waals surface area contributed by atoms with Crippen LogP contribution >= 0.6 is 0 Å². The Kier molecular flexibility index (Phi) is 3.78. The van der Waals surface area contributed by atoms with Gasteiger partial charge in [0.05, 0.1) is 5.92 Å². The summed E-state index contributed by atoms with van der Waals surface area (Å²) in [6.45, 7) is 2.14. The van der Waals surface area contributed by atoms with Crippen LogP contribution in [0.4, 0.5) is 0 Å². The Morgan fingerprint density at radius 3 is 2.67 bits per heavy atom. The maximum atomic E-state index is 11.4. The van der Waals surface area contributed by atoms with Gasteiger partial charge in [-0.3, -0.25) is 4.79 Å². The lowest BCUT2D eigenvalue weighted by atomic mass is 9.79. The minimum Gasteiger partial charge on any atom is -0.481 e. The Labute approximate surface area is 125 Å². The molecule has 2 aromatic carbocycles. The first-order valence-corrected chi connectivity index (χ1v) is 7.55. The van der Waals surface area contributed by atoms with Crippen molar-refractivity contribution in [2.75, 3.05) is 0 Å². The van der Waals surface area contributed by atoms with Crippen molar-refractivity contribution in [3.63, 3.8) is 0 Å². The Hall–Kier alpha value is -2.09. The number of hydrogen-bond acceptors (Lipinski definition) is 1. The van der Waals surface area contributed by atoms with Crippen molar-refractivity contribution in [1.82, 2.24) is 0 Å². The number of carboxylic acids is 1. The summed E-state index contributed by atoms with van der Waals surface area (Å²) in [7, 11) is 0. The summed E-state index contributed by atoms with van der Waals surface area (Å²) in [5.41, 5.74) is 6.18. The third-order valence-corrected chi connectivity index (χ3v) is 4.58. The molecular formula is C19H20O2. The SMILES string of the molecule is Cc1c(Cc2ccccc2)ccc2c1CCCC2C(=O)O. The van der Waals surface area contributed by atoms with E-state index in [1.807, 2.05) is 12.1 Å². The van der Waals surface area contributed by atoms with Gasteiger partial charge in [0.15, 0.2) is 0 Å². The molecule has 2 nitrogen and oxygen atoms in total. The van der Waals surface area contributed by atoms with E-state index < -0.39 is 5.97 Å². The lowest BCUT2D eigenvalue weighted by Crippen LogP contribution is -2.19. The van der Waals surface area contributed by atoms with Crippen LogP contribution < -0.4 is 0 Å². The molecule has 0 saturated carbocycles. The van der Waals surface area contributed by atoms with E-state index in [1.165, 1.54) is 22.3 Å². The number of hydrogen-bond donors (Lipinski definition) is 1. The summed E-state index contributed by atoms with van der Waals surface area (Å²) in [6.07, 6.45) is 3.66. The van der Waals surface area contributed by atoms with Crippen LogP contribution in [-0.2, 0) is 17.6 Å². The first-order chi connectivity index (χ1) is 10.2. The Morgan fingerprint density at radius 2 is 1.95 bits per heavy atom. The normalized spacial score (nSPS) is 17.3. The molecule has 0 radical (unpaired) electrons. The third kappa shape index (κ3) is 2.71. The van der Waals surface area contributed by atoms with E-state index >= 15 is 0 Å². The molecule has 1 N–H and O–H groups in total. The van der Waals surface area contributed by atoms with Crippen molar-refractivity contribution in [3.8, 4) is 0 Å².